The van der Waals surface area contributed by atoms with E-state index in [2.05, 4.69) is 0 Å². The number of nitrogens with zero attached hydrogens (tertiary/aromatic N) is 2. The smallest absolute Gasteiger partial charge is 0.276 e. The Morgan fingerprint density at radius 3 is 3.00 bits per heavy atom. The summed E-state index contributed by atoms with van der Waals surface area (Å²) in [5.74, 6) is -6.05. The summed E-state index contributed by atoms with van der Waals surface area (Å²) < 4.78 is 81.2. The van der Waals surface area contributed by atoms with Crippen molar-refractivity contribution in [1.82, 2.24) is 14.8 Å². The fourth-order valence-corrected chi connectivity index (χ4v) is 3.29. The fourth-order valence-electron chi connectivity index (χ4n) is 3.29. The lowest BCUT2D eigenvalue weighted by Gasteiger charge is -2.44. The van der Waals surface area contributed by atoms with Crippen molar-refractivity contribution in [2.24, 2.45) is 0 Å². The number of hydrogen-bond donors (Lipinski definition) is 2. The van der Waals surface area contributed by atoms with Gasteiger partial charge in [-0.3, -0.25) is 14.4 Å². The van der Waals surface area contributed by atoms with E-state index in [0.29, 0.717) is 11.0 Å². The van der Waals surface area contributed by atoms with Gasteiger partial charge in [-0.2, -0.15) is 0 Å². The van der Waals surface area contributed by atoms with Gasteiger partial charge in [-0.05, 0) is 19.3 Å². The summed E-state index contributed by atoms with van der Waals surface area (Å²) in [6.07, 6.45) is -0.779. The molecule has 2 amide bonds. The van der Waals surface area contributed by atoms with Gasteiger partial charge in [0, 0.05) is 34.5 Å². The molecular weight excluding hydrogens is 400 g/mol. The van der Waals surface area contributed by atoms with Crippen LogP contribution in [-0.2, 0) is 17.8 Å². The van der Waals surface area contributed by atoms with Crippen molar-refractivity contribution >= 4 is 11.8 Å². The lowest BCUT2D eigenvalue weighted by molar-refractivity contribution is -0.112. The quantitative estimate of drug-likeness (QED) is 0.773. The first-order valence-corrected chi connectivity index (χ1v) is 8.78. The van der Waals surface area contributed by atoms with E-state index in [0.717, 1.165) is 22.9 Å². The first-order valence-electron chi connectivity index (χ1n) is 11.8. The largest absolute Gasteiger partial charge is 0.503 e. The number of aromatic nitrogens is 1. The summed E-state index contributed by atoms with van der Waals surface area (Å²) >= 11 is 0. The number of pyridine rings is 1. The number of halogens is 2. The molecule has 4 rings (SSSR count). The molecule has 1 aromatic heterocycles. The van der Waals surface area contributed by atoms with Crippen molar-refractivity contribution in [2.45, 2.75) is 38.6 Å². The minimum atomic E-state index is -2.94. The zero-order valence-corrected chi connectivity index (χ0v) is 15.2. The summed E-state index contributed by atoms with van der Waals surface area (Å²) in [7, 11) is 0. The van der Waals surface area contributed by atoms with E-state index in [1.165, 1.54) is 0 Å². The summed E-state index contributed by atoms with van der Waals surface area (Å²) in [4.78, 5) is 39.3. The maximum atomic E-state index is 14.1. The number of rotatable bonds is 3. The monoisotopic (exact) mass is 425 g/mol. The average molecular weight is 425 g/mol. The Bertz CT molecular complexity index is 1330. The summed E-state index contributed by atoms with van der Waals surface area (Å²) in [5, 5.41) is 12.3. The van der Waals surface area contributed by atoms with E-state index in [-0.39, 0.29) is 19.6 Å². The third kappa shape index (κ3) is 3.32. The van der Waals surface area contributed by atoms with Crippen LogP contribution in [0.2, 0.25) is 0 Å². The van der Waals surface area contributed by atoms with Crippen molar-refractivity contribution in [3.63, 3.8) is 0 Å². The topological polar surface area (TPSA) is 101 Å². The summed E-state index contributed by atoms with van der Waals surface area (Å²) in [6, 6.07) is -0.443. The molecule has 10 heteroatoms. The Kier molecular flexibility index (Phi) is 3.48. The van der Waals surface area contributed by atoms with Crippen LogP contribution >= 0.6 is 0 Å². The number of carbonyl (C=O) groups excluding carboxylic acids is 2. The third-order valence-electron chi connectivity index (χ3n) is 4.74. The molecule has 2 aliphatic heterocycles. The van der Waals surface area contributed by atoms with Gasteiger partial charge in [-0.15, -0.1) is 0 Å². The van der Waals surface area contributed by atoms with Crippen LogP contribution in [0.3, 0.4) is 0 Å². The standard InChI is InChI=1S/C20H19F2N3O5/c1-10-4-5-30-15-9-24-8-13(17(26)18(27)16(24)20(29)25(10)15)19(28)23-7-11-2-3-12(21)6-14(11)22/h2-3,6,8,10,15,27H,4-5,7,9H2,1H3,(H,23,28)/t10-,15+/m1/s1/i1D3,7D2,10D. The number of nitrogens with one attached hydrogen (secondary N) is 1. The zero-order valence-electron chi connectivity index (χ0n) is 21.2. The molecule has 158 valence electrons. The molecule has 0 spiro atoms. The lowest BCUT2D eigenvalue weighted by atomic mass is 10.1. The first-order chi connectivity index (χ1) is 16.6. The molecule has 2 N–H and O–H groups in total. The van der Waals surface area contributed by atoms with Crippen LogP contribution in [-0.4, -0.2) is 45.2 Å². The number of benzene rings is 1. The van der Waals surface area contributed by atoms with Crippen LogP contribution in [0.4, 0.5) is 8.78 Å². The normalized spacial score (nSPS) is 26.8. The maximum absolute atomic E-state index is 14.1. The molecular formula is C20H19F2N3O5. The van der Waals surface area contributed by atoms with Crippen LogP contribution in [0.25, 0.3) is 0 Å². The minimum absolute atomic E-state index is 0.172. The van der Waals surface area contributed by atoms with Crippen LogP contribution in [0.15, 0.2) is 29.2 Å². The number of hydrogen-bond acceptors (Lipinski definition) is 5. The molecule has 1 aromatic carbocycles. The van der Waals surface area contributed by atoms with E-state index >= 15 is 0 Å². The summed E-state index contributed by atoms with van der Waals surface area (Å²) in [5.41, 5.74) is -3.60. The molecule has 0 saturated carbocycles. The van der Waals surface area contributed by atoms with Gasteiger partial charge in [0.1, 0.15) is 17.2 Å². The van der Waals surface area contributed by atoms with Gasteiger partial charge in [0.05, 0.1) is 17.3 Å². The molecule has 0 unspecified atom stereocenters. The minimum Gasteiger partial charge on any atom is -0.503 e. The molecule has 3 heterocycles. The third-order valence-corrected chi connectivity index (χ3v) is 4.74. The molecule has 1 fully saturated rings. The van der Waals surface area contributed by atoms with Crippen molar-refractivity contribution < 1.29 is 36.4 Å². The molecule has 0 radical (unpaired) electrons. The SMILES string of the molecule is [2H]C([2H])(NC(=O)c1cn2c(c(O)c1=O)C(=O)N1[C@H](C2)OCC[C@@]1([2H])C([2H])([2H])[2H])c1ccc(F)cc1F. The first kappa shape index (κ1) is 13.9. The highest BCUT2D eigenvalue weighted by atomic mass is 19.1. The predicted octanol–water partition coefficient (Wildman–Crippen LogP) is 1.35. The molecule has 0 bridgehead atoms. The van der Waals surface area contributed by atoms with Crippen molar-refractivity contribution in [1.29, 1.82) is 0 Å². The predicted molar refractivity (Wildman–Crippen MR) is 99.9 cm³/mol. The highest BCUT2D eigenvalue weighted by molar-refractivity contribution is 5.99. The number of ether oxygens (including phenoxy) is 1. The van der Waals surface area contributed by atoms with Crippen molar-refractivity contribution in [2.75, 3.05) is 6.61 Å². The zero-order chi connectivity index (χ0) is 26.8. The maximum Gasteiger partial charge on any atom is 0.276 e. The molecule has 2 aromatic rings. The van der Waals surface area contributed by atoms with Crippen LogP contribution < -0.4 is 10.7 Å². The molecule has 2 aliphatic rings. The number of aromatic hydroxyl groups is 1. The summed E-state index contributed by atoms with van der Waals surface area (Å²) in [6.45, 7) is -6.37. The number of fused-ring (bicyclic) bond motifs is 2. The van der Waals surface area contributed by atoms with E-state index in [4.69, 9.17) is 13.0 Å². The average Bonchev–Trinajstić information content (AvgIpc) is 2.74. The van der Waals surface area contributed by atoms with Crippen LogP contribution in [0.1, 0.15) is 47.9 Å². The highest BCUT2D eigenvalue weighted by Gasteiger charge is 2.41. The van der Waals surface area contributed by atoms with Gasteiger partial charge in [-0.25, -0.2) is 8.78 Å². The number of carbonyl (C=O) groups is 2. The van der Waals surface area contributed by atoms with E-state index in [1.54, 1.807) is 5.32 Å². The van der Waals surface area contributed by atoms with Crippen molar-refractivity contribution in [3.8, 4) is 5.75 Å². The van der Waals surface area contributed by atoms with Gasteiger partial charge >= 0.3 is 0 Å². The van der Waals surface area contributed by atoms with Gasteiger partial charge < -0.3 is 24.6 Å². The van der Waals surface area contributed by atoms with Crippen molar-refractivity contribution in [3.05, 3.63) is 63.1 Å². The highest BCUT2D eigenvalue weighted by Crippen LogP contribution is 2.29. The van der Waals surface area contributed by atoms with Gasteiger partial charge in [0.25, 0.3) is 11.8 Å². The lowest BCUT2D eigenvalue weighted by Crippen LogP contribution is -2.57. The molecule has 2 atom stereocenters. The van der Waals surface area contributed by atoms with Gasteiger partial charge in [0.2, 0.25) is 5.43 Å². The Morgan fingerprint density at radius 2 is 2.27 bits per heavy atom. The Balaban J connectivity index is 1.73. The van der Waals surface area contributed by atoms with Crippen LogP contribution in [0.5, 0.6) is 5.75 Å². The Morgan fingerprint density at radius 1 is 1.47 bits per heavy atom. The second-order valence-electron chi connectivity index (χ2n) is 6.62. The second kappa shape index (κ2) is 7.52. The second-order valence-corrected chi connectivity index (χ2v) is 6.62. The van der Waals surface area contributed by atoms with Gasteiger partial charge in [0.15, 0.2) is 17.7 Å². The van der Waals surface area contributed by atoms with Crippen LogP contribution in [0, 0.1) is 11.6 Å². The Labute approximate surface area is 178 Å². The fraction of sp³-hybridized carbons (Fsp3) is 0.350. The van der Waals surface area contributed by atoms with E-state index in [1.807, 2.05) is 0 Å². The van der Waals surface area contributed by atoms with E-state index in [9.17, 15) is 28.3 Å². The molecule has 1 saturated heterocycles. The molecule has 30 heavy (non-hydrogen) atoms. The molecule has 0 aliphatic carbocycles. The Hall–Kier alpha value is -3.27. The molecule has 8 nitrogen and oxygen atoms in total. The number of amides is 2. The van der Waals surface area contributed by atoms with Gasteiger partial charge in [-0.1, -0.05) is 6.07 Å². The van der Waals surface area contributed by atoms with E-state index < -0.39 is 77.0 Å².